The van der Waals surface area contributed by atoms with Gasteiger partial charge in [0.25, 0.3) is 5.91 Å². The second-order valence-electron chi connectivity index (χ2n) is 6.50. The van der Waals surface area contributed by atoms with Gasteiger partial charge in [-0.05, 0) is 24.9 Å². The highest BCUT2D eigenvalue weighted by Gasteiger charge is 2.50. The van der Waals surface area contributed by atoms with Crippen molar-refractivity contribution < 1.29 is 24.7 Å². The number of nitrogens with two attached hydrogens (primary N) is 1. The Hall–Kier alpha value is -2.43. The standard InChI is InChI=1S/C16H23BN4O5/c18-15(20-13(22)11-5-2-1-3-6-11)21-9-12(7-4-8-17(25)26)16(19,10-21)14(23)24/h1-3,5-6,12,25-26H,4,7-10,19H2,(H,23,24)(H2,18,20,22). The van der Waals surface area contributed by atoms with Crippen LogP contribution in [0.5, 0.6) is 0 Å². The summed E-state index contributed by atoms with van der Waals surface area (Å²) in [5.41, 5.74) is 4.88. The van der Waals surface area contributed by atoms with Gasteiger partial charge >= 0.3 is 13.1 Å². The molecule has 0 bridgehead atoms. The summed E-state index contributed by atoms with van der Waals surface area (Å²) in [6.45, 7) is 0.0841. The van der Waals surface area contributed by atoms with Crippen molar-refractivity contribution in [3.05, 3.63) is 35.9 Å². The van der Waals surface area contributed by atoms with Crippen LogP contribution >= 0.6 is 0 Å². The lowest BCUT2D eigenvalue weighted by molar-refractivity contribution is -0.144. The van der Waals surface area contributed by atoms with Gasteiger partial charge in [-0.2, -0.15) is 0 Å². The number of hydrogen-bond donors (Lipinski definition) is 6. The molecular formula is C16H23BN4O5. The number of amides is 1. The number of carbonyl (C=O) groups excluding carboxylic acids is 1. The third-order valence-corrected chi connectivity index (χ3v) is 4.62. The molecule has 1 aliphatic rings. The second-order valence-corrected chi connectivity index (χ2v) is 6.50. The first-order valence-electron chi connectivity index (χ1n) is 8.32. The number of rotatable bonds is 6. The first-order chi connectivity index (χ1) is 12.2. The maximum atomic E-state index is 12.2. The fraction of sp³-hybridized carbons (Fsp3) is 0.438. The summed E-state index contributed by atoms with van der Waals surface area (Å²) < 4.78 is 0. The van der Waals surface area contributed by atoms with Gasteiger partial charge in [0.05, 0.1) is 0 Å². The number of guanidine groups is 1. The van der Waals surface area contributed by atoms with E-state index in [1.807, 2.05) is 0 Å². The molecule has 1 aromatic carbocycles. The lowest BCUT2D eigenvalue weighted by Gasteiger charge is -2.25. The molecule has 0 aliphatic carbocycles. The van der Waals surface area contributed by atoms with Gasteiger partial charge < -0.3 is 25.8 Å². The zero-order chi connectivity index (χ0) is 19.3. The van der Waals surface area contributed by atoms with Gasteiger partial charge in [-0.25, -0.2) is 0 Å². The molecule has 140 valence electrons. The summed E-state index contributed by atoms with van der Waals surface area (Å²) in [5.74, 6) is -2.33. The topological polar surface area (TPSA) is 160 Å². The zero-order valence-electron chi connectivity index (χ0n) is 14.3. The first-order valence-corrected chi connectivity index (χ1v) is 8.32. The van der Waals surface area contributed by atoms with E-state index in [0.29, 0.717) is 18.4 Å². The quantitative estimate of drug-likeness (QED) is 0.222. The van der Waals surface area contributed by atoms with Crippen molar-refractivity contribution in [1.29, 1.82) is 5.41 Å². The minimum atomic E-state index is -1.57. The lowest BCUT2D eigenvalue weighted by atomic mass is 9.78. The largest absolute Gasteiger partial charge is 0.480 e. The molecule has 1 amide bonds. The normalized spacial score (nSPS) is 22.1. The molecule has 2 unspecified atom stereocenters. The second kappa shape index (κ2) is 8.30. The average Bonchev–Trinajstić information content (AvgIpc) is 2.94. The Kier molecular flexibility index (Phi) is 6.35. The molecule has 0 radical (unpaired) electrons. The van der Waals surface area contributed by atoms with E-state index in [0.717, 1.165) is 0 Å². The van der Waals surface area contributed by atoms with E-state index >= 15 is 0 Å². The van der Waals surface area contributed by atoms with Gasteiger partial charge in [0, 0.05) is 24.6 Å². The fourth-order valence-electron chi connectivity index (χ4n) is 3.09. The van der Waals surface area contributed by atoms with Crippen LogP contribution < -0.4 is 11.1 Å². The van der Waals surface area contributed by atoms with Crippen molar-refractivity contribution in [2.24, 2.45) is 11.7 Å². The maximum Gasteiger partial charge on any atom is 0.451 e. The fourth-order valence-corrected chi connectivity index (χ4v) is 3.09. The molecule has 1 aliphatic heterocycles. The van der Waals surface area contributed by atoms with E-state index in [-0.39, 0.29) is 25.4 Å². The average molecular weight is 362 g/mol. The van der Waals surface area contributed by atoms with Gasteiger partial charge in [-0.15, -0.1) is 0 Å². The van der Waals surface area contributed by atoms with Crippen LogP contribution in [0.3, 0.4) is 0 Å². The number of aliphatic carboxylic acids is 1. The van der Waals surface area contributed by atoms with E-state index < -0.39 is 30.5 Å². The van der Waals surface area contributed by atoms with Crippen molar-refractivity contribution in [2.45, 2.75) is 24.7 Å². The highest BCUT2D eigenvalue weighted by atomic mass is 16.4. The minimum Gasteiger partial charge on any atom is -0.480 e. The smallest absolute Gasteiger partial charge is 0.451 e. The summed E-state index contributed by atoms with van der Waals surface area (Å²) in [7, 11) is -1.45. The Morgan fingerprint density at radius 1 is 1.35 bits per heavy atom. The predicted molar refractivity (Wildman–Crippen MR) is 95.5 cm³/mol. The SMILES string of the molecule is N=C(NC(=O)c1ccccc1)N1CC(CCCB(O)O)C(N)(C(=O)O)C1. The van der Waals surface area contributed by atoms with E-state index in [1.165, 1.54) is 4.90 Å². The third-order valence-electron chi connectivity index (χ3n) is 4.62. The van der Waals surface area contributed by atoms with Gasteiger partial charge in [0.1, 0.15) is 5.54 Å². The Morgan fingerprint density at radius 2 is 2.00 bits per heavy atom. The van der Waals surface area contributed by atoms with Gasteiger partial charge in [-0.3, -0.25) is 20.3 Å². The zero-order valence-corrected chi connectivity index (χ0v) is 14.3. The summed E-state index contributed by atoms with van der Waals surface area (Å²) in [6.07, 6.45) is 0.886. The van der Waals surface area contributed by atoms with Crippen LogP contribution in [0.1, 0.15) is 23.2 Å². The molecule has 1 heterocycles. The Balaban J connectivity index is 2.02. The van der Waals surface area contributed by atoms with Gasteiger partial charge in [-0.1, -0.05) is 24.6 Å². The highest BCUT2D eigenvalue weighted by molar-refractivity contribution is 6.40. The molecule has 1 aromatic rings. The number of nitrogens with one attached hydrogen (secondary N) is 2. The molecule has 2 rings (SSSR count). The molecule has 2 atom stereocenters. The van der Waals surface area contributed by atoms with Crippen molar-refractivity contribution in [1.82, 2.24) is 10.2 Å². The van der Waals surface area contributed by atoms with Gasteiger partial charge in [0.2, 0.25) is 0 Å². The highest BCUT2D eigenvalue weighted by Crippen LogP contribution is 2.30. The Labute approximate surface area is 151 Å². The molecule has 10 heteroatoms. The number of nitrogens with zero attached hydrogens (tertiary/aromatic N) is 1. The van der Waals surface area contributed by atoms with Crippen molar-refractivity contribution in [3.63, 3.8) is 0 Å². The van der Waals surface area contributed by atoms with E-state index in [4.69, 9.17) is 21.2 Å². The molecule has 0 aromatic heterocycles. The Morgan fingerprint density at radius 3 is 2.58 bits per heavy atom. The number of carboxylic acid groups (broad SMARTS) is 1. The van der Waals surface area contributed by atoms with Crippen LogP contribution in [0.25, 0.3) is 0 Å². The maximum absolute atomic E-state index is 12.2. The monoisotopic (exact) mass is 362 g/mol. The van der Waals surface area contributed by atoms with Crippen LogP contribution in [0.15, 0.2) is 30.3 Å². The number of benzene rings is 1. The number of likely N-dealkylation sites (tertiary alicyclic amines) is 1. The summed E-state index contributed by atoms with van der Waals surface area (Å²) in [4.78, 5) is 25.2. The summed E-state index contributed by atoms with van der Waals surface area (Å²) in [5, 5.41) is 37.9. The summed E-state index contributed by atoms with van der Waals surface area (Å²) >= 11 is 0. The van der Waals surface area contributed by atoms with Gasteiger partial charge in [0.15, 0.2) is 5.96 Å². The van der Waals surface area contributed by atoms with E-state index in [2.05, 4.69) is 5.32 Å². The van der Waals surface area contributed by atoms with Crippen LogP contribution in [-0.2, 0) is 4.79 Å². The van der Waals surface area contributed by atoms with Crippen molar-refractivity contribution in [3.8, 4) is 0 Å². The molecule has 26 heavy (non-hydrogen) atoms. The minimum absolute atomic E-state index is 0.109. The first kappa shape index (κ1) is 19.9. The van der Waals surface area contributed by atoms with E-state index in [9.17, 15) is 14.7 Å². The third kappa shape index (κ3) is 4.60. The van der Waals surface area contributed by atoms with E-state index in [1.54, 1.807) is 30.3 Å². The molecule has 0 saturated carbocycles. The predicted octanol–water partition coefficient (Wildman–Crippen LogP) is -0.682. The van der Waals surface area contributed by atoms with Crippen LogP contribution in [0.4, 0.5) is 0 Å². The number of hydrogen-bond acceptors (Lipinski definition) is 6. The molecule has 1 saturated heterocycles. The van der Waals surface area contributed by atoms with Crippen LogP contribution in [0.2, 0.25) is 6.32 Å². The number of carbonyl (C=O) groups is 2. The molecule has 7 N–H and O–H groups in total. The lowest BCUT2D eigenvalue weighted by Crippen LogP contribution is -2.55. The van der Waals surface area contributed by atoms with Crippen LogP contribution in [-0.4, -0.2) is 63.6 Å². The van der Waals surface area contributed by atoms with Crippen molar-refractivity contribution in [2.75, 3.05) is 13.1 Å². The van der Waals surface area contributed by atoms with Crippen LogP contribution in [0, 0.1) is 11.3 Å². The molecular weight excluding hydrogens is 339 g/mol. The molecule has 0 spiro atoms. The van der Waals surface area contributed by atoms with Crippen molar-refractivity contribution >= 4 is 25.0 Å². The number of carboxylic acids is 1. The molecule has 1 fully saturated rings. The Bertz CT molecular complexity index is 672. The summed E-state index contributed by atoms with van der Waals surface area (Å²) in [6, 6.07) is 8.40. The molecule has 9 nitrogen and oxygen atoms in total.